The number of hydrogen-bond acceptors (Lipinski definition) is 5. The fourth-order valence-corrected chi connectivity index (χ4v) is 5.16. The molecule has 0 aromatic carbocycles. The Morgan fingerprint density at radius 3 is 2.76 bits per heavy atom. The van der Waals surface area contributed by atoms with E-state index in [-0.39, 0.29) is 0 Å². The molecule has 116 valence electrons. The topological polar surface area (TPSA) is 49.4 Å². The van der Waals surface area contributed by atoms with Gasteiger partial charge in [-0.15, -0.1) is 11.3 Å². The molecule has 2 heterocycles. The van der Waals surface area contributed by atoms with E-state index in [9.17, 15) is 8.42 Å². The van der Waals surface area contributed by atoms with Crippen molar-refractivity contribution in [3.8, 4) is 0 Å². The van der Waals surface area contributed by atoms with E-state index in [1.54, 1.807) is 24.5 Å². The molecule has 0 spiro atoms. The molecular formula is C14H20N2O2S3. The van der Waals surface area contributed by atoms with Gasteiger partial charge in [-0.1, -0.05) is 6.92 Å². The van der Waals surface area contributed by atoms with Crippen LogP contribution in [-0.2, 0) is 23.1 Å². The van der Waals surface area contributed by atoms with Gasteiger partial charge in [-0.05, 0) is 46.8 Å². The summed E-state index contributed by atoms with van der Waals surface area (Å²) in [6.07, 6.45) is 1.03. The molecule has 0 saturated heterocycles. The summed E-state index contributed by atoms with van der Waals surface area (Å²) in [7, 11) is -1.80. The van der Waals surface area contributed by atoms with Crippen LogP contribution in [0.4, 0.5) is 0 Å². The number of nitrogens with zero attached hydrogens (tertiary/aromatic N) is 1. The van der Waals surface area contributed by atoms with Crippen LogP contribution in [0.5, 0.6) is 0 Å². The van der Waals surface area contributed by atoms with Crippen LogP contribution in [0.25, 0.3) is 0 Å². The molecule has 2 aromatic heterocycles. The second kappa shape index (κ2) is 7.51. The second-order valence-corrected chi connectivity index (χ2v) is 8.57. The monoisotopic (exact) mass is 344 g/mol. The van der Waals surface area contributed by atoms with Gasteiger partial charge < -0.3 is 5.32 Å². The van der Waals surface area contributed by atoms with Crippen LogP contribution >= 0.6 is 22.7 Å². The highest BCUT2D eigenvalue weighted by Crippen LogP contribution is 2.25. The molecule has 0 aliphatic carbocycles. The lowest BCUT2D eigenvalue weighted by Gasteiger charge is -2.17. The molecule has 0 unspecified atom stereocenters. The molecule has 0 aliphatic rings. The first-order valence-corrected chi connectivity index (χ1v) is 10.1. The Labute approximate surface area is 134 Å². The lowest BCUT2D eigenvalue weighted by molar-refractivity contribution is 0.466. The number of nitrogens with one attached hydrogen (secondary N) is 1. The molecule has 0 radical (unpaired) electrons. The first kappa shape index (κ1) is 16.6. The minimum atomic E-state index is -3.43. The standard InChI is InChI=1S/C14H20N2O2S3/c1-3-6-15-9-13-14(5-8-20-13)21(17,18)16(2)10-12-4-7-19-11-12/h4-5,7-8,11,15H,3,6,9-10H2,1-2H3. The van der Waals surface area contributed by atoms with Gasteiger partial charge >= 0.3 is 0 Å². The van der Waals surface area contributed by atoms with Crippen molar-refractivity contribution in [1.82, 2.24) is 9.62 Å². The number of sulfonamides is 1. The minimum absolute atomic E-state index is 0.406. The fourth-order valence-electron chi connectivity index (χ4n) is 1.96. The summed E-state index contributed by atoms with van der Waals surface area (Å²) in [4.78, 5) is 1.30. The van der Waals surface area contributed by atoms with Crippen molar-refractivity contribution >= 4 is 32.7 Å². The maximum atomic E-state index is 12.7. The Balaban J connectivity index is 2.13. The summed E-state index contributed by atoms with van der Waals surface area (Å²) in [5.41, 5.74) is 1.02. The number of thiophene rings is 2. The van der Waals surface area contributed by atoms with Crippen LogP contribution in [0.3, 0.4) is 0 Å². The summed E-state index contributed by atoms with van der Waals surface area (Å²) in [5.74, 6) is 0. The summed E-state index contributed by atoms with van der Waals surface area (Å²) in [5, 5.41) is 9.04. The van der Waals surface area contributed by atoms with Crippen molar-refractivity contribution in [2.45, 2.75) is 31.3 Å². The third-order valence-electron chi connectivity index (χ3n) is 3.09. The predicted octanol–water partition coefficient (Wildman–Crippen LogP) is 3.13. The van der Waals surface area contributed by atoms with Gasteiger partial charge in [0.05, 0.1) is 4.90 Å². The van der Waals surface area contributed by atoms with Crippen molar-refractivity contribution in [2.75, 3.05) is 13.6 Å². The second-order valence-electron chi connectivity index (χ2n) is 4.78. The van der Waals surface area contributed by atoms with Crippen LogP contribution in [0, 0.1) is 0 Å². The van der Waals surface area contributed by atoms with Gasteiger partial charge in [0.25, 0.3) is 0 Å². The summed E-state index contributed by atoms with van der Waals surface area (Å²) >= 11 is 3.06. The molecule has 1 N–H and O–H groups in total. The van der Waals surface area contributed by atoms with Gasteiger partial charge in [0.15, 0.2) is 0 Å². The van der Waals surface area contributed by atoms with Gasteiger partial charge in [-0.25, -0.2) is 8.42 Å². The fraction of sp³-hybridized carbons (Fsp3) is 0.429. The highest BCUT2D eigenvalue weighted by Gasteiger charge is 2.24. The molecule has 4 nitrogen and oxygen atoms in total. The quantitative estimate of drug-likeness (QED) is 0.749. The van der Waals surface area contributed by atoms with E-state index < -0.39 is 10.0 Å². The third kappa shape index (κ3) is 4.14. The molecule has 0 atom stereocenters. The lowest BCUT2D eigenvalue weighted by atomic mass is 10.3. The largest absolute Gasteiger partial charge is 0.312 e. The van der Waals surface area contributed by atoms with Gasteiger partial charge in [0.2, 0.25) is 10.0 Å². The molecular weight excluding hydrogens is 324 g/mol. The molecule has 21 heavy (non-hydrogen) atoms. The van der Waals surface area contributed by atoms with Crippen molar-refractivity contribution in [3.63, 3.8) is 0 Å². The van der Waals surface area contributed by atoms with Crippen molar-refractivity contribution in [1.29, 1.82) is 0 Å². The van der Waals surface area contributed by atoms with Crippen molar-refractivity contribution in [3.05, 3.63) is 38.7 Å². The van der Waals surface area contributed by atoms with Gasteiger partial charge in [-0.3, -0.25) is 0 Å². The first-order valence-electron chi connectivity index (χ1n) is 6.80. The Bertz CT molecular complexity index is 648. The van der Waals surface area contributed by atoms with Crippen LogP contribution < -0.4 is 5.32 Å². The van der Waals surface area contributed by atoms with Crippen molar-refractivity contribution < 1.29 is 8.42 Å². The highest BCUT2D eigenvalue weighted by atomic mass is 32.2. The minimum Gasteiger partial charge on any atom is -0.312 e. The maximum Gasteiger partial charge on any atom is 0.244 e. The molecule has 2 rings (SSSR count). The molecule has 0 bridgehead atoms. The van der Waals surface area contributed by atoms with Crippen LogP contribution in [-0.4, -0.2) is 26.3 Å². The smallest absolute Gasteiger partial charge is 0.244 e. The molecule has 0 fully saturated rings. The third-order valence-corrected chi connectivity index (χ3v) is 6.76. The van der Waals surface area contributed by atoms with Crippen LogP contribution in [0.15, 0.2) is 33.2 Å². The SMILES string of the molecule is CCCNCc1sccc1S(=O)(=O)N(C)Cc1ccsc1. The van der Waals surface area contributed by atoms with Gasteiger partial charge in [-0.2, -0.15) is 15.6 Å². The zero-order chi connectivity index (χ0) is 15.3. The van der Waals surface area contributed by atoms with Crippen LogP contribution in [0.2, 0.25) is 0 Å². The molecule has 0 aliphatic heterocycles. The zero-order valence-corrected chi connectivity index (χ0v) is 14.7. The van der Waals surface area contributed by atoms with E-state index in [4.69, 9.17) is 0 Å². The van der Waals surface area contributed by atoms with E-state index in [0.29, 0.717) is 18.0 Å². The predicted molar refractivity (Wildman–Crippen MR) is 89.3 cm³/mol. The maximum absolute atomic E-state index is 12.7. The summed E-state index contributed by atoms with van der Waals surface area (Å²) in [6.45, 7) is 3.99. The van der Waals surface area contributed by atoms with E-state index in [2.05, 4.69) is 12.2 Å². The normalized spacial score (nSPS) is 12.1. The average molecular weight is 345 g/mol. The lowest BCUT2D eigenvalue weighted by Crippen LogP contribution is -2.27. The Morgan fingerprint density at radius 1 is 1.29 bits per heavy atom. The van der Waals surface area contributed by atoms with Crippen molar-refractivity contribution in [2.24, 2.45) is 0 Å². The van der Waals surface area contributed by atoms with Gasteiger partial charge in [0.1, 0.15) is 0 Å². The van der Waals surface area contributed by atoms with Gasteiger partial charge in [0, 0.05) is 25.0 Å². The first-order chi connectivity index (χ1) is 10.1. The Hall–Kier alpha value is -0.730. The van der Waals surface area contributed by atoms with E-state index in [1.165, 1.54) is 15.6 Å². The molecule has 0 amide bonds. The highest BCUT2D eigenvalue weighted by molar-refractivity contribution is 7.89. The zero-order valence-electron chi connectivity index (χ0n) is 12.2. The number of hydrogen-bond donors (Lipinski definition) is 1. The molecule has 2 aromatic rings. The van der Waals surface area contributed by atoms with E-state index in [1.807, 2.05) is 22.2 Å². The van der Waals surface area contributed by atoms with E-state index in [0.717, 1.165) is 23.4 Å². The number of rotatable bonds is 8. The summed E-state index contributed by atoms with van der Waals surface area (Å²) in [6, 6.07) is 3.65. The Kier molecular flexibility index (Phi) is 5.95. The molecule has 7 heteroatoms. The Morgan fingerprint density at radius 2 is 2.10 bits per heavy atom. The van der Waals surface area contributed by atoms with E-state index >= 15 is 0 Å². The summed E-state index contributed by atoms with van der Waals surface area (Å²) < 4.78 is 26.8. The molecule has 0 saturated carbocycles. The average Bonchev–Trinajstić information content (AvgIpc) is 3.10. The van der Waals surface area contributed by atoms with Crippen LogP contribution in [0.1, 0.15) is 23.8 Å².